The minimum absolute atomic E-state index is 0.127. The van der Waals surface area contributed by atoms with E-state index in [0.29, 0.717) is 63.9 Å². The molecule has 2 amide bonds. The minimum Gasteiger partial charge on any atom is -0.395 e. The molecule has 4 heterocycles. The Morgan fingerprint density at radius 3 is 2.57 bits per heavy atom. The van der Waals surface area contributed by atoms with E-state index in [2.05, 4.69) is 15.2 Å². The summed E-state index contributed by atoms with van der Waals surface area (Å²) < 4.78 is 0. The highest BCUT2D eigenvalue weighted by atomic mass is 35.5. The number of β-amino-alcohol motifs (C(OH)–C–C–N with tert-alkyl or cyclic N) is 1. The lowest BCUT2D eigenvalue weighted by molar-refractivity contribution is 0.0593. The molecule has 0 radical (unpaired) electrons. The number of piperidine rings is 1. The first-order valence-electron chi connectivity index (χ1n) is 14.2. The van der Waals surface area contributed by atoms with Crippen LogP contribution in [0.2, 0.25) is 5.02 Å². The molecule has 3 aliphatic heterocycles. The number of imide groups is 1. The van der Waals surface area contributed by atoms with Gasteiger partial charge in [0.05, 0.1) is 46.5 Å². The van der Waals surface area contributed by atoms with Crippen LogP contribution in [0.4, 0.5) is 11.4 Å². The lowest BCUT2D eigenvalue weighted by Crippen LogP contribution is -2.41. The summed E-state index contributed by atoms with van der Waals surface area (Å²) in [6.45, 7) is 2.98. The van der Waals surface area contributed by atoms with E-state index < -0.39 is 6.10 Å². The number of benzene rings is 2. The molecule has 0 aliphatic carbocycles. The molecule has 0 saturated carbocycles. The molecule has 3 aliphatic rings. The number of anilines is 1. The van der Waals surface area contributed by atoms with Crippen molar-refractivity contribution in [2.45, 2.75) is 25.4 Å². The number of carbonyl (C=O) groups is 2. The molecule has 3 aromatic rings. The van der Waals surface area contributed by atoms with Gasteiger partial charge in [0.25, 0.3) is 17.4 Å². The molecule has 4 N–H and O–H groups in total. The van der Waals surface area contributed by atoms with Crippen LogP contribution < -0.4 is 10.9 Å². The molecular formula is C31H32ClN5O5. The lowest BCUT2D eigenvalue weighted by atomic mass is 9.96. The number of hydrogen-bond acceptors (Lipinski definition) is 8. The van der Waals surface area contributed by atoms with Gasteiger partial charge in [-0.1, -0.05) is 23.7 Å². The zero-order valence-corrected chi connectivity index (χ0v) is 23.7. The number of aromatic amines is 1. The molecule has 1 saturated heterocycles. The number of pyridine rings is 1. The monoisotopic (exact) mass is 589 g/mol. The summed E-state index contributed by atoms with van der Waals surface area (Å²) >= 11 is 6.06. The van der Waals surface area contributed by atoms with Gasteiger partial charge in [0.15, 0.2) is 0 Å². The molecule has 1 atom stereocenters. The molecule has 1 fully saturated rings. The number of carbonyl (C=O) groups excluding carboxylic acids is 2. The third kappa shape index (κ3) is 5.50. The first-order valence-corrected chi connectivity index (χ1v) is 14.5. The van der Waals surface area contributed by atoms with Gasteiger partial charge in [-0.15, -0.1) is 0 Å². The van der Waals surface area contributed by atoms with Crippen LogP contribution in [-0.4, -0.2) is 81.9 Å². The van der Waals surface area contributed by atoms with Crippen molar-refractivity contribution in [3.05, 3.63) is 91.9 Å². The number of halogens is 1. The van der Waals surface area contributed by atoms with Gasteiger partial charge in [-0.25, -0.2) is 0 Å². The van der Waals surface area contributed by atoms with Gasteiger partial charge in [-0.2, -0.15) is 0 Å². The molecule has 42 heavy (non-hydrogen) atoms. The lowest BCUT2D eigenvalue weighted by Gasteiger charge is -2.32. The highest BCUT2D eigenvalue weighted by molar-refractivity contribution is 6.30. The van der Waals surface area contributed by atoms with Crippen LogP contribution in [0.25, 0.3) is 0 Å². The van der Waals surface area contributed by atoms with E-state index in [-0.39, 0.29) is 36.4 Å². The van der Waals surface area contributed by atoms with Crippen LogP contribution in [0.5, 0.6) is 0 Å². The SMILES string of the molecule is O=C1c2cc3c(cc2C(=O)N1CC1CCN(CCO)CC1)N=C(c1c(NC[C@@H](O)c2cccc(Cl)c2)cc[nH]c1=O)C3. The highest BCUT2D eigenvalue weighted by Crippen LogP contribution is 2.36. The quantitative estimate of drug-likeness (QED) is 0.281. The average molecular weight is 590 g/mol. The van der Waals surface area contributed by atoms with Crippen molar-refractivity contribution in [2.24, 2.45) is 10.9 Å². The second kappa shape index (κ2) is 11.8. The molecule has 10 nitrogen and oxygen atoms in total. The third-order valence-electron chi connectivity index (χ3n) is 8.32. The summed E-state index contributed by atoms with van der Waals surface area (Å²) in [6, 6.07) is 12.1. The average Bonchev–Trinajstić information content (AvgIpc) is 3.49. The summed E-state index contributed by atoms with van der Waals surface area (Å²) in [4.78, 5) is 50.5. The predicted octanol–water partition coefficient (Wildman–Crippen LogP) is 3.15. The van der Waals surface area contributed by atoms with Gasteiger partial charge in [-0.3, -0.25) is 24.3 Å². The van der Waals surface area contributed by atoms with Crippen LogP contribution in [0.15, 0.2) is 58.4 Å². The fourth-order valence-electron chi connectivity index (χ4n) is 6.03. The molecule has 1 aromatic heterocycles. The zero-order valence-electron chi connectivity index (χ0n) is 23.0. The Labute approximate surface area is 247 Å². The normalized spacial score (nSPS) is 17.8. The molecule has 0 spiro atoms. The Morgan fingerprint density at radius 1 is 1.07 bits per heavy atom. The number of amides is 2. The van der Waals surface area contributed by atoms with Gasteiger partial charge < -0.3 is 25.4 Å². The fraction of sp³-hybridized carbons (Fsp3) is 0.355. The molecule has 11 heteroatoms. The Balaban J connectivity index is 1.18. The van der Waals surface area contributed by atoms with Crippen molar-refractivity contribution in [1.82, 2.24) is 14.8 Å². The summed E-state index contributed by atoms with van der Waals surface area (Å²) in [5.74, 6) is -0.375. The number of fused-ring (bicyclic) bond motifs is 2. The highest BCUT2D eigenvalue weighted by Gasteiger charge is 2.39. The third-order valence-corrected chi connectivity index (χ3v) is 8.55. The Morgan fingerprint density at radius 2 is 1.83 bits per heavy atom. The van der Waals surface area contributed by atoms with Gasteiger partial charge in [-0.05, 0) is 73.3 Å². The second-order valence-corrected chi connectivity index (χ2v) is 11.5. The first kappa shape index (κ1) is 28.3. The number of nitrogens with zero attached hydrogens (tertiary/aromatic N) is 3. The smallest absolute Gasteiger partial charge is 0.261 e. The van der Waals surface area contributed by atoms with Gasteiger partial charge in [0.1, 0.15) is 0 Å². The van der Waals surface area contributed by atoms with E-state index in [9.17, 15) is 24.6 Å². The number of nitrogens with one attached hydrogen (secondary N) is 2. The Bertz CT molecular complexity index is 1630. The summed E-state index contributed by atoms with van der Waals surface area (Å²) in [7, 11) is 0. The molecule has 2 aromatic carbocycles. The summed E-state index contributed by atoms with van der Waals surface area (Å²) in [5, 5.41) is 23.5. The number of aliphatic hydroxyl groups excluding tert-OH is 2. The van der Waals surface area contributed by atoms with E-state index in [0.717, 1.165) is 31.5 Å². The van der Waals surface area contributed by atoms with Gasteiger partial charge >= 0.3 is 0 Å². The van der Waals surface area contributed by atoms with Crippen LogP contribution in [0.3, 0.4) is 0 Å². The molecule has 218 valence electrons. The van der Waals surface area contributed by atoms with Gasteiger partial charge in [0.2, 0.25) is 0 Å². The molecular weight excluding hydrogens is 558 g/mol. The van der Waals surface area contributed by atoms with E-state index in [4.69, 9.17) is 16.6 Å². The standard InChI is InChI=1S/C31H32ClN5O5/c32-21-3-1-2-19(12-21)27(39)16-34-24-4-7-33-29(40)28(24)26-14-20-13-22-23(15-25(20)35-26)31(42)37(30(22)41)17-18-5-8-36(9-6-18)10-11-38/h1-4,7,12-13,15,18,27,38-39H,5-6,8-11,14,16-17H2,(H2,33,34,40)/t27-/m1/s1. The zero-order chi connectivity index (χ0) is 29.4. The molecule has 0 bridgehead atoms. The maximum absolute atomic E-state index is 13.3. The van der Waals surface area contributed by atoms with Crippen LogP contribution in [0.1, 0.15) is 56.4 Å². The Kier molecular flexibility index (Phi) is 7.96. The molecule has 6 rings (SSSR count). The van der Waals surface area contributed by atoms with E-state index in [1.165, 1.54) is 11.1 Å². The van der Waals surface area contributed by atoms with Crippen LogP contribution >= 0.6 is 11.6 Å². The number of aliphatic imine (C=N–C) groups is 1. The fourth-order valence-corrected chi connectivity index (χ4v) is 6.23. The largest absolute Gasteiger partial charge is 0.395 e. The van der Waals surface area contributed by atoms with E-state index in [1.54, 1.807) is 42.5 Å². The van der Waals surface area contributed by atoms with Gasteiger partial charge in [0, 0.05) is 37.3 Å². The second-order valence-electron chi connectivity index (χ2n) is 11.0. The maximum Gasteiger partial charge on any atom is 0.261 e. The molecule has 0 unspecified atom stereocenters. The van der Waals surface area contributed by atoms with Crippen molar-refractivity contribution in [3.8, 4) is 0 Å². The van der Waals surface area contributed by atoms with Crippen molar-refractivity contribution in [2.75, 3.05) is 44.6 Å². The van der Waals surface area contributed by atoms with Crippen LogP contribution in [-0.2, 0) is 6.42 Å². The van der Waals surface area contributed by atoms with E-state index in [1.807, 2.05) is 0 Å². The first-order chi connectivity index (χ1) is 20.3. The number of rotatable bonds is 9. The number of aromatic nitrogens is 1. The number of H-pyrrole nitrogens is 1. The summed E-state index contributed by atoms with van der Waals surface area (Å²) in [6.07, 6.45) is 2.74. The maximum atomic E-state index is 13.3. The number of hydrogen-bond donors (Lipinski definition) is 4. The van der Waals surface area contributed by atoms with Crippen molar-refractivity contribution in [1.29, 1.82) is 0 Å². The predicted molar refractivity (Wildman–Crippen MR) is 160 cm³/mol. The Hall–Kier alpha value is -3.83. The number of likely N-dealkylation sites (tertiary alicyclic amines) is 1. The minimum atomic E-state index is -0.852. The van der Waals surface area contributed by atoms with Crippen molar-refractivity contribution in [3.63, 3.8) is 0 Å². The topological polar surface area (TPSA) is 138 Å². The van der Waals surface area contributed by atoms with Crippen molar-refractivity contribution < 1.29 is 19.8 Å². The van der Waals surface area contributed by atoms with Crippen molar-refractivity contribution >= 4 is 40.5 Å². The number of aliphatic hydroxyl groups is 2. The van der Waals surface area contributed by atoms with Crippen LogP contribution in [0, 0.1) is 5.92 Å². The van der Waals surface area contributed by atoms with E-state index >= 15 is 0 Å². The summed E-state index contributed by atoms with van der Waals surface area (Å²) in [5.41, 5.74) is 3.75.